The lowest BCUT2D eigenvalue weighted by molar-refractivity contribution is -0.120. The summed E-state index contributed by atoms with van der Waals surface area (Å²) in [5, 5.41) is 2.91. The number of carbonyl (C=O) groups excluding carboxylic acids is 1. The van der Waals surface area contributed by atoms with Crippen molar-refractivity contribution in [1.29, 1.82) is 0 Å². The number of hydrogen-bond acceptors (Lipinski definition) is 2. The highest BCUT2D eigenvalue weighted by Crippen LogP contribution is 2.37. The summed E-state index contributed by atoms with van der Waals surface area (Å²) < 4.78 is 0. The Balaban J connectivity index is 1.91. The van der Waals surface area contributed by atoms with E-state index < -0.39 is 0 Å². The van der Waals surface area contributed by atoms with Gasteiger partial charge in [0.1, 0.15) is 0 Å². The van der Waals surface area contributed by atoms with Gasteiger partial charge in [0.25, 0.3) is 0 Å². The summed E-state index contributed by atoms with van der Waals surface area (Å²) in [5.41, 5.74) is 0.307. The predicted octanol–water partition coefficient (Wildman–Crippen LogP) is 0.217. The van der Waals surface area contributed by atoms with Crippen molar-refractivity contribution >= 4 is 5.91 Å². The summed E-state index contributed by atoms with van der Waals surface area (Å²) in [6.07, 6.45) is 0.746. The minimum atomic E-state index is 0.235. The number of nitrogens with one attached hydrogen (secondary N) is 1. The molecular weight excluding hydrogens is 152 g/mol. The molecule has 0 unspecified atom stereocenters. The van der Waals surface area contributed by atoms with Gasteiger partial charge in [-0.15, -0.1) is 0 Å². The minimum absolute atomic E-state index is 0.235. The van der Waals surface area contributed by atoms with Gasteiger partial charge in [-0.05, 0) is 13.8 Å². The van der Waals surface area contributed by atoms with Crippen LogP contribution in [0.25, 0.3) is 0 Å². The summed E-state index contributed by atoms with van der Waals surface area (Å²) in [4.78, 5) is 13.4. The predicted molar refractivity (Wildman–Crippen MR) is 46.8 cm³/mol. The van der Waals surface area contributed by atoms with E-state index in [0.29, 0.717) is 11.5 Å². The normalized spacial score (nSPS) is 27.8. The molecule has 1 amide bonds. The molecule has 3 heteroatoms. The number of rotatable bonds is 1. The fraction of sp³-hybridized carbons (Fsp3) is 0.889. The summed E-state index contributed by atoms with van der Waals surface area (Å²) in [6.45, 7) is 7.51. The van der Waals surface area contributed by atoms with Crippen LogP contribution in [0.2, 0.25) is 0 Å². The highest BCUT2D eigenvalue weighted by atomic mass is 16.1. The second-order valence-corrected chi connectivity index (χ2v) is 4.45. The van der Waals surface area contributed by atoms with E-state index in [9.17, 15) is 4.79 Å². The van der Waals surface area contributed by atoms with E-state index >= 15 is 0 Å². The first kappa shape index (κ1) is 8.05. The Morgan fingerprint density at radius 1 is 1.50 bits per heavy atom. The van der Waals surface area contributed by atoms with Gasteiger partial charge in [-0.25, -0.2) is 0 Å². The molecule has 0 saturated carbocycles. The third-order valence-electron chi connectivity index (χ3n) is 3.00. The third kappa shape index (κ3) is 1.12. The number of carbonyl (C=O) groups is 1. The molecule has 2 aliphatic rings. The Labute approximate surface area is 73.1 Å². The van der Waals surface area contributed by atoms with Gasteiger partial charge >= 0.3 is 0 Å². The van der Waals surface area contributed by atoms with Gasteiger partial charge in [-0.2, -0.15) is 0 Å². The smallest absolute Gasteiger partial charge is 0.220 e. The van der Waals surface area contributed by atoms with Crippen LogP contribution >= 0.6 is 0 Å². The molecule has 0 bridgehead atoms. The number of amides is 1. The molecule has 3 nitrogen and oxygen atoms in total. The van der Waals surface area contributed by atoms with E-state index in [-0.39, 0.29) is 5.91 Å². The van der Waals surface area contributed by atoms with Crippen molar-refractivity contribution < 1.29 is 4.79 Å². The molecule has 0 aliphatic carbocycles. The van der Waals surface area contributed by atoms with E-state index in [1.54, 1.807) is 0 Å². The van der Waals surface area contributed by atoms with Crippen molar-refractivity contribution in [3.05, 3.63) is 0 Å². The number of hydrogen-bond donors (Lipinski definition) is 1. The molecule has 1 N–H and O–H groups in total. The fourth-order valence-corrected chi connectivity index (χ4v) is 2.16. The zero-order valence-corrected chi connectivity index (χ0v) is 7.76. The Morgan fingerprint density at radius 2 is 2.17 bits per heavy atom. The molecule has 0 aromatic carbocycles. The van der Waals surface area contributed by atoms with Crippen LogP contribution in [-0.4, -0.2) is 36.5 Å². The highest BCUT2D eigenvalue weighted by molar-refractivity contribution is 5.79. The maximum atomic E-state index is 11.0. The summed E-state index contributed by atoms with van der Waals surface area (Å²) in [5.74, 6) is 0.235. The van der Waals surface area contributed by atoms with Gasteiger partial charge in [0.2, 0.25) is 5.91 Å². The first-order valence-corrected chi connectivity index (χ1v) is 4.62. The van der Waals surface area contributed by atoms with Crippen molar-refractivity contribution in [3.8, 4) is 0 Å². The molecule has 2 saturated heterocycles. The monoisotopic (exact) mass is 168 g/mol. The van der Waals surface area contributed by atoms with Crippen LogP contribution in [0.5, 0.6) is 0 Å². The molecule has 2 fully saturated rings. The Morgan fingerprint density at radius 3 is 2.58 bits per heavy atom. The van der Waals surface area contributed by atoms with Crippen molar-refractivity contribution in [1.82, 2.24) is 10.2 Å². The zero-order valence-electron chi connectivity index (χ0n) is 7.76. The average Bonchev–Trinajstić information content (AvgIpc) is 2.27. The third-order valence-corrected chi connectivity index (χ3v) is 3.00. The Kier molecular flexibility index (Phi) is 1.65. The van der Waals surface area contributed by atoms with E-state index in [1.807, 2.05) is 0 Å². The lowest BCUT2D eigenvalue weighted by Gasteiger charge is -2.49. The van der Waals surface area contributed by atoms with Crippen molar-refractivity contribution in [2.45, 2.75) is 26.3 Å². The van der Waals surface area contributed by atoms with Crippen LogP contribution in [-0.2, 0) is 4.79 Å². The molecule has 0 radical (unpaired) electrons. The highest BCUT2D eigenvalue weighted by Gasteiger charge is 2.48. The Bertz CT molecular complexity index is 207. The largest absolute Gasteiger partial charge is 0.355 e. The molecule has 0 aromatic rings. The first-order valence-electron chi connectivity index (χ1n) is 4.62. The van der Waals surface area contributed by atoms with Gasteiger partial charge in [0.15, 0.2) is 0 Å². The molecule has 2 rings (SSSR count). The van der Waals surface area contributed by atoms with Crippen molar-refractivity contribution in [3.63, 3.8) is 0 Å². The molecule has 0 atom stereocenters. The van der Waals surface area contributed by atoms with Crippen molar-refractivity contribution in [2.75, 3.05) is 19.6 Å². The second kappa shape index (κ2) is 2.46. The molecule has 12 heavy (non-hydrogen) atoms. The van der Waals surface area contributed by atoms with Gasteiger partial charge < -0.3 is 5.32 Å². The maximum absolute atomic E-state index is 11.0. The van der Waals surface area contributed by atoms with Crippen LogP contribution in [0.1, 0.15) is 20.3 Å². The molecule has 2 aliphatic heterocycles. The van der Waals surface area contributed by atoms with Gasteiger partial charge in [0, 0.05) is 37.5 Å². The quantitative estimate of drug-likeness (QED) is 0.607. The van der Waals surface area contributed by atoms with Gasteiger partial charge in [-0.1, -0.05) is 0 Å². The van der Waals surface area contributed by atoms with E-state index in [4.69, 9.17) is 0 Å². The van der Waals surface area contributed by atoms with Crippen LogP contribution in [0.3, 0.4) is 0 Å². The standard InChI is InChI=1S/C9H16N2O/c1-7(2)11-5-9(6-11)3-8(12)10-4-9/h7H,3-6H2,1-2H3,(H,10,12). The number of likely N-dealkylation sites (tertiary alicyclic amines) is 1. The van der Waals surface area contributed by atoms with E-state index in [1.165, 1.54) is 0 Å². The average molecular weight is 168 g/mol. The van der Waals surface area contributed by atoms with Gasteiger partial charge in [-0.3, -0.25) is 9.69 Å². The molecule has 0 aromatic heterocycles. The van der Waals surface area contributed by atoms with Gasteiger partial charge in [0.05, 0.1) is 0 Å². The first-order chi connectivity index (χ1) is 5.61. The van der Waals surface area contributed by atoms with Crippen LogP contribution in [0, 0.1) is 5.41 Å². The van der Waals surface area contributed by atoms with Crippen molar-refractivity contribution in [2.24, 2.45) is 5.41 Å². The SMILES string of the molecule is CC(C)N1CC2(CNC(=O)C2)C1. The van der Waals surface area contributed by atoms with Crippen LogP contribution < -0.4 is 5.32 Å². The molecular formula is C9H16N2O. The number of nitrogens with zero attached hydrogens (tertiary/aromatic N) is 1. The minimum Gasteiger partial charge on any atom is -0.355 e. The molecule has 1 spiro atoms. The summed E-state index contributed by atoms with van der Waals surface area (Å²) >= 11 is 0. The lowest BCUT2D eigenvalue weighted by atomic mass is 9.78. The Hall–Kier alpha value is -0.570. The summed E-state index contributed by atoms with van der Waals surface area (Å²) in [7, 11) is 0. The zero-order chi connectivity index (χ0) is 8.77. The lowest BCUT2D eigenvalue weighted by Crippen LogP contribution is -2.59. The van der Waals surface area contributed by atoms with Crippen LogP contribution in [0.4, 0.5) is 0 Å². The molecule has 2 heterocycles. The van der Waals surface area contributed by atoms with E-state index in [0.717, 1.165) is 26.1 Å². The molecule has 68 valence electrons. The second-order valence-electron chi connectivity index (χ2n) is 4.45. The van der Waals surface area contributed by atoms with Crippen LogP contribution in [0.15, 0.2) is 0 Å². The van der Waals surface area contributed by atoms with E-state index in [2.05, 4.69) is 24.1 Å². The maximum Gasteiger partial charge on any atom is 0.220 e. The topological polar surface area (TPSA) is 32.3 Å². The fourth-order valence-electron chi connectivity index (χ4n) is 2.16. The summed E-state index contributed by atoms with van der Waals surface area (Å²) in [6, 6.07) is 0.631.